The zero-order valence-corrected chi connectivity index (χ0v) is 18.3. The van der Waals surface area contributed by atoms with Crippen LogP contribution in [0.1, 0.15) is 29.0 Å². The lowest BCUT2D eigenvalue weighted by atomic mass is 9.73. The number of amides is 1. The van der Waals surface area contributed by atoms with Crippen LogP contribution in [0.3, 0.4) is 0 Å². The molecule has 1 atom stereocenters. The Morgan fingerprint density at radius 3 is 2.44 bits per heavy atom. The van der Waals surface area contributed by atoms with Crippen molar-refractivity contribution in [1.82, 2.24) is 9.80 Å². The molecule has 0 spiro atoms. The van der Waals surface area contributed by atoms with Crippen LogP contribution in [0.5, 0.6) is 0 Å². The highest BCUT2D eigenvalue weighted by atomic mass is 16.3. The number of carbonyl (C=O) groups is 1. The van der Waals surface area contributed by atoms with E-state index < -0.39 is 5.54 Å². The number of hydrogen-bond acceptors (Lipinski definition) is 5. The van der Waals surface area contributed by atoms with E-state index in [0.717, 1.165) is 19.4 Å². The molecule has 0 aliphatic carbocycles. The van der Waals surface area contributed by atoms with Gasteiger partial charge in [0.15, 0.2) is 11.7 Å². The first-order chi connectivity index (χ1) is 15.6. The smallest absolute Gasteiger partial charge is 0.289 e. The van der Waals surface area contributed by atoms with E-state index in [9.17, 15) is 4.79 Å². The molecule has 164 valence electrons. The van der Waals surface area contributed by atoms with Crippen molar-refractivity contribution in [3.05, 3.63) is 84.3 Å². The maximum absolute atomic E-state index is 12.7. The molecule has 2 aliphatic rings. The van der Waals surface area contributed by atoms with Crippen molar-refractivity contribution in [2.45, 2.75) is 18.4 Å². The van der Waals surface area contributed by atoms with Gasteiger partial charge in [-0.25, -0.2) is 4.99 Å². The van der Waals surface area contributed by atoms with E-state index in [1.807, 2.05) is 22.9 Å². The van der Waals surface area contributed by atoms with Gasteiger partial charge in [-0.2, -0.15) is 0 Å². The molecular weight excluding hydrogens is 400 g/mol. The third-order valence-corrected chi connectivity index (χ3v) is 6.84. The van der Waals surface area contributed by atoms with Gasteiger partial charge in [0.1, 0.15) is 5.54 Å². The lowest BCUT2D eigenvalue weighted by Gasteiger charge is -2.41. The summed E-state index contributed by atoms with van der Waals surface area (Å²) in [7, 11) is 2.00. The molecule has 2 aliphatic heterocycles. The van der Waals surface area contributed by atoms with Gasteiger partial charge in [0.2, 0.25) is 0 Å². The normalized spacial score (nSPS) is 21.6. The van der Waals surface area contributed by atoms with Gasteiger partial charge in [0.05, 0.1) is 12.8 Å². The van der Waals surface area contributed by atoms with Gasteiger partial charge in [-0.05, 0) is 53.6 Å². The molecule has 0 saturated carbocycles. The minimum atomic E-state index is -0.413. The molecule has 1 aromatic heterocycles. The van der Waals surface area contributed by atoms with Crippen LogP contribution >= 0.6 is 0 Å². The van der Waals surface area contributed by atoms with Gasteiger partial charge >= 0.3 is 0 Å². The highest BCUT2D eigenvalue weighted by Crippen LogP contribution is 2.44. The Balaban J connectivity index is 1.44. The molecule has 0 radical (unpaired) electrons. The average molecular weight is 429 g/mol. The van der Waals surface area contributed by atoms with Crippen LogP contribution in [-0.2, 0) is 5.54 Å². The summed E-state index contributed by atoms with van der Waals surface area (Å²) in [6.07, 6.45) is 3.28. The molecule has 2 aromatic carbocycles. The molecule has 6 nitrogen and oxygen atoms in total. The fourth-order valence-electron chi connectivity index (χ4n) is 5.09. The molecule has 5 rings (SSSR count). The van der Waals surface area contributed by atoms with Crippen molar-refractivity contribution in [3.63, 3.8) is 0 Å². The summed E-state index contributed by atoms with van der Waals surface area (Å²) < 4.78 is 5.31. The van der Waals surface area contributed by atoms with Crippen molar-refractivity contribution in [1.29, 1.82) is 0 Å². The number of carbonyl (C=O) groups excluding carboxylic acids is 1. The van der Waals surface area contributed by atoms with E-state index in [-0.39, 0.29) is 11.8 Å². The maximum Gasteiger partial charge on any atom is 0.289 e. The van der Waals surface area contributed by atoms with Crippen LogP contribution in [-0.4, -0.2) is 48.3 Å². The summed E-state index contributed by atoms with van der Waals surface area (Å²) in [6, 6.07) is 22.6. The SMILES string of the molecule is CN1CC(c2cccc(-c3ccccc3)c2)(C2CCN(C(=O)c3ccco3)CC2)N=C1N. The summed E-state index contributed by atoms with van der Waals surface area (Å²) in [5.74, 6) is 1.22. The summed E-state index contributed by atoms with van der Waals surface area (Å²) >= 11 is 0. The Kier molecular flexibility index (Phi) is 5.21. The van der Waals surface area contributed by atoms with E-state index in [1.54, 1.807) is 18.4 Å². The van der Waals surface area contributed by atoms with Crippen molar-refractivity contribution < 1.29 is 9.21 Å². The molecule has 6 heteroatoms. The van der Waals surface area contributed by atoms with Crippen molar-refractivity contribution in [2.75, 3.05) is 26.7 Å². The highest BCUT2D eigenvalue weighted by Gasteiger charge is 2.47. The molecule has 3 aromatic rings. The van der Waals surface area contributed by atoms with Crippen molar-refractivity contribution in [2.24, 2.45) is 16.6 Å². The van der Waals surface area contributed by atoms with Gasteiger partial charge in [-0.1, -0.05) is 48.5 Å². The van der Waals surface area contributed by atoms with Crippen LogP contribution in [0.25, 0.3) is 11.1 Å². The lowest BCUT2D eigenvalue weighted by Crippen LogP contribution is -2.46. The van der Waals surface area contributed by atoms with Gasteiger partial charge in [-0.3, -0.25) is 4.79 Å². The van der Waals surface area contributed by atoms with Gasteiger partial charge in [0.25, 0.3) is 5.91 Å². The number of benzene rings is 2. The quantitative estimate of drug-likeness (QED) is 0.683. The molecular formula is C26H28N4O2. The molecule has 1 unspecified atom stereocenters. The Morgan fingerprint density at radius 1 is 1.03 bits per heavy atom. The van der Waals surface area contributed by atoms with Crippen LogP contribution < -0.4 is 5.73 Å². The summed E-state index contributed by atoms with van der Waals surface area (Å²) in [5.41, 5.74) is 9.42. The fraction of sp³-hybridized carbons (Fsp3) is 0.308. The third kappa shape index (κ3) is 3.55. The molecule has 3 heterocycles. The van der Waals surface area contributed by atoms with E-state index in [2.05, 4.69) is 48.5 Å². The number of furan rings is 1. The van der Waals surface area contributed by atoms with Gasteiger partial charge in [0, 0.05) is 20.1 Å². The minimum Gasteiger partial charge on any atom is -0.459 e. The van der Waals surface area contributed by atoms with E-state index in [0.29, 0.717) is 24.8 Å². The van der Waals surface area contributed by atoms with Gasteiger partial charge in [-0.15, -0.1) is 0 Å². The van der Waals surface area contributed by atoms with Crippen LogP contribution in [0.2, 0.25) is 0 Å². The number of aliphatic imine (C=N–C) groups is 1. The number of guanidine groups is 1. The predicted molar refractivity (Wildman–Crippen MR) is 125 cm³/mol. The number of nitrogens with zero attached hydrogens (tertiary/aromatic N) is 3. The lowest BCUT2D eigenvalue weighted by molar-refractivity contribution is 0.0604. The predicted octanol–water partition coefficient (Wildman–Crippen LogP) is 3.95. The minimum absolute atomic E-state index is 0.0415. The zero-order valence-electron chi connectivity index (χ0n) is 18.3. The number of likely N-dealkylation sites (N-methyl/N-ethyl adjacent to an activating group) is 1. The largest absolute Gasteiger partial charge is 0.459 e. The van der Waals surface area contributed by atoms with Crippen molar-refractivity contribution >= 4 is 11.9 Å². The molecule has 0 bridgehead atoms. The van der Waals surface area contributed by atoms with Crippen molar-refractivity contribution in [3.8, 4) is 11.1 Å². The van der Waals surface area contributed by atoms with Gasteiger partial charge < -0.3 is 20.0 Å². The Morgan fingerprint density at radius 2 is 1.78 bits per heavy atom. The molecule has 1 amide bonds. The summed E-state index contributed by atoms with van der Waals surface area (Å²) in [4.78, 5) is 21.7. The number of nitrogens with two attached hydrogens (primary N) is 1. The molecule has 1 saturated heterocycles. The first-order valence-electron chi connectivity index (χ1n) is 11.1. The van der Waals surface area contributed by atoms with Crippen LogP contribution in [0.4, 0.5) is 0 Å². The number of likely N-dealkylation sites (tertiary alicyclic amines) is 1. The Hall–Kier alpha value is -3.54. The first kappa shape index (κ1) is 20.4. The second-order valence-electron chi connectivity index (χ2n) is 8.74. The first-order valence-corrected chi connectivity index (χ1v) is 11.1. The number of rotatable bonds is 4. The highest BCUT2D eigenvalue weighted by molar-refractivity contribution is 5.91. The van der Waals surface area contributed by atoms with Crippen LogP contribution in [0.15, 0.2) is 82.4 Å². The Bertz CT molecular complexity index is 1120. The standard InChI is InChI=1S/C26H28N4O2/c1-29-18-26(28-25(29)27,22-10-5-9-20(17-22)19-7-3-2-4-8-19)21-12-14-30(15-13-21)24(31)23-11-6-16-32-23/h2-11,16-17,21H,12-15,18H2,1H3,(H2,27,28). The Labute approximate surface area is 188 Å². The van der Waals surface area contributed by atoms with Crippen LogP contribution in [0, 0.1) is 5.92 Å². The average Bonchev–Trinajstić information content (AvgIpc) is 3.48. The second kappa shape index (κ2) is 8.19. The van der Waals surface area contributed by atoms with E-state index in [1.165, 1.54) is 16.7 Å². The molecule has 32 heavy (non-hydrogen) atoms. The zero-order chi connectivity index (χ0) is 22.1. The number of piperidine rings is 1. The third-order valence-electron chi connectivity index (χ3n) is 6.84. The topological polar surface area (TPSA) is 75.1 Å². The molecule has 1 fully saturated rings. The summed E-state index contributed by atoms with van der Waals surface area (Å²) in [6.45, 7) is 2.11. The van der Waals surface area contributed by atoms with E-state index in [4.69, 9.17) is 15.1 Å². The van der Waals surface area contributed by atoms with E-state index >= 15 is 0 Å². The fourth-order valence-corrected chi connectivity index (χ4v) is 5.09. The monoisotopic (exact) mass is 428 g/mol. The second-order valence-corrected chi connectivity index (χ2v) is 8.74. The maximum atomic E-state index is 12.7. The summed E-state index contributed by atoms with van der Waals surface area (Å²) in [5, 5.41) is 0. The number of hydrogen-bond donors (Lipinski definition) is 1. The molecule has 2 N–H and O–H groups in total.